The highest BCUT2D eigenvalue weighted by Crippen LogP contribution is 2.28. The highest BCUT2D eigenvalue weighted by molar-refractivity contribution is 6.10. The Hall–Kier alpha value is -4.52. The number of benzene rings is 3. The average molecular weight is 439 g/mol. The van der Waals surface area contributed by atoms with Gasteiger partial charge in [0.2, 0.25) is 0 Å². The van der Waals surface area contributed by atoms with Gasteiger partial charge in [-0.15, -0.1) is 0 Å². The van der Waals surface area contributed by atoms with Crippen molar-refractivity contribution in [2.24, 2.45) is 0 Å². The molecule has 164 valence electrons. The Bertz CT molecular complexity index is 1530. The van der Waals surface area contributed by atoms with E-state index >= 15 is 0 Å². The van der Waals surface area contributed by atoms with Crippen molar-refractivity contribution >= 4 is 33.5 Å². The van der Waals surface area contributed by atoms with E-state index < -0.39 is 11.5 Å². The lowest BCUT2D eigenvalue weighted by Gasteiger charge is -2.12. The maximum atomic E-state index is 13.6. The normalized spacial score (nSPS) is 11.0. The molecule has 0 saturated carbocycles. The van der Waals surface area contributed by atoms with E-state index in [0.29, 0.717) is 33.9 Å². The van der Waals surface area contributed by atoms with Crippen molar-refractivity contribution in [2.75, 3.05) is 19.5 Å². The fraction of sp³-hybridized carbons (Fsp3) is 0.0769. The summed E-state index contributed by atoms with van der Waals surface area (Å²) < 4.78 is 12.0. The lowest BCUT2D eigenvalue weighted by atomic mass is 10.1. The van der Waals surface area contributed by atoms with E-state index in [1.165, 1.54) is 0 Å². The molecule has 0 radical (unpaired) electrons. The summed E-state index contributed by atoms with van der Waals surface area (Å²) in [6, 6.07) is 23.4. The number of nitrogens with one attached hydrogen (secondary N) is 2. The van der Waals surface area contributed by atoms with Crippen LogP contribution in [0, 0.1) is 0 Å². The lowest BCUT2D eigenvalue weighted by Crippen LogP contribution is -2.28. The molecule has 0 saturated heterocycles. The predicted octanol–water partition coefficient (Wildman–Crippen LogP) is 4.74. The molecule has 1 amide bonds. The molecule has 0 aliphatic carbocycles. The van der Waals surface area contributed by atoms with Crippen molar-refractivity contribution in [3.63, 3.8) is 0 Å². The zero-order valence-electron chi connectivity index (χ0n) is 18.1. The second-order valence-electron chi connectivity index (χ2n) is 7.51. The van der Waals surface area contributed by atoms with Crippen LogP contribution in [0.25, 0.3) is 27.6 Å². The molecule has 33 heavy (non-hydrogen) atoms. The summed E-state index contributed by atoms with van der Waals surface area (Å²) in [4.78, 5) is 30.1. The van der Waals surface area contributed by atoms with Crippen molar-refractivity contribution in [1.82, 2.24) is 9.55 Å². The zero-order valence-corrected chi connectivity index (χ0v) is 18.1. The summed E-state index contributed by atoms with van der Waals surface area (Å²) >= 11 is 0. The van der Waals surface area contributed by atoms with Gasteiger partial charge in [-0.05, 0) is 60.7 Å². The Labute approximate surface area is 189 Å². The number of rotatable bonds is 5. The third-order valence-electron chi connectivity index (χ3n) is 5.58. The van der Waals surface area contributed by atoms with Crippen molar-refractivity contribution in [3.05, 3.63) is 94.8 Å². The molecule has 0 aliphatic heterocycles. The second kappa shape index (κ2) is 8.20. The summed E-state index contributed by atoms with van der Waals surface area (Å²) in [7, 11) is 3.16. The van der Waals surface area contributed by atoms with E-state index in [0.717, 1.165) is 10.9 Å². The van der Waals surface area contributed by atoms with Gasteiger partial charge in [0.15, 0.2) is 0 Å². The Morgan fingerprint density at radius 1 is 0.848 bits per heavy atom. The number of carbonyl (C=O) groups is 1. The maximum Gasteiger partial charge on any atom is 0.268 e. The van der Waals surface area contributed by atoms with Crippen LogP contribution in [0.1, 0.15) is 10.4 Å². The number of methoxy groups -OCH3 is 2. The van der Waals surface area contributed by atoms with Gasteiger partial charge in [-0.25, -0.2) is 0 Å². The van der Waals surface area contributed by atoms with Gasteiger partial charge < -0.3 is 19.8 Å². The molecular formula is C26H21N3O4. The number of anilines is 1. The monoisotopic (exact) mass is 439 g/mol. The molecule has 2 heterocycles. The van der Waals surface area contributed by atoms with Crippen LogP contribution in [0.2, 0.25) is 0 Å². The molecule has 0 unspecified atom stereocenters. The Morgan fingerprint density at radius 3 is 2.15 bits per heavy atom. The summed E-state index contributed by atoms with van der Waals surface area (Å²) in [5, 5.41) is 3.70. The number of fused-ring (bicyclic) bond motifs is 3. The van der Waals surface area contributed by atoms with Crippen LogP contribution < -0.4 is 20.3 Å². The third kappa shape index (κ3) is 3.59. The number of carbonyl (C=O) groups excluding carboxylic acids is 1. The largest absolute Gasteiger partial charge is 0.497 e. The molecule has 2 N–H and O–H groups in total. The molecule has 0 atom stereocenters. The number of hydrogen-bond donors (Lipinski definition) is 2. The van der Waals surface area contributed by atoms with Crippen molar-refractivity contribution < 1.29 is 14.3 Å². The van der Waals surface area contributed by atoms with Gasteiger partial charge in [-0.1, -0.05) is 18.2 Å². The zero-order chi connectivity index (χ0) is 22.9. The second-order valence-corrected chi connectivity index (χ2v) is 7.51. The van der Waals surface area contributed by atoms with Crippen LogP contribution in [0.15, 0.2) is 83.7 Å². The van der Waals surface area contributed by atoms with Gasteiger partial charge in [0.25, 0.3) is 11.5 Å². The summed E-state index contributed by atoms with van der Waals surface area (Å²) in [5.41, 5.74) is 3.09. The van der Waals surface area contributed by atoms with Gasteiger partial charge in [-0.2, -0.15) is 0 Å². The first kappa shape index (κ1) is 20.4. The van der Waals surface area contributed by atoms with Gasteiger partial charge in [-0.3, -0.25) is 14.2 Å². The minimum absolute atomic E-state index is 0.0284. The van der Waals surface area contributed by atoms with Gasteiger partial charge in [0.1, 0.15) is 17.1 Å². The standard InChI is InChI=1S/C26H21N3O4/c1-32-18-11-7-16(8-12-18)27-25(30)21-15-23-24(20-5-3-4-6-22(20)28-23)29(26(21)31)17-9-13-19(33-2)14-10-17/h3-15,28H,1-2H3,(H,27,30). The van der Waals surface area contributed by atoms with Gasteiger partial charge in [0.05, 0.1) is 25.3 Å². The van der Waals surface area contributed by atoms with E-state index in [1.54, 1.807) is 73.4 Å². The van der Waals surface area contributed by atoms with Crippen LogP contribution in [0.5, 0.6) is 11.5 Å². The fourth-order valence-corrected chi connectivity index (χ4v) is 3.93. The summed E-state index contributed by atoms with van der Waals surface area (Å²) in [6.45, 7) is 0. The first-order valence-electron chi connectivity index (χ1n) is 10.4. The Morgan fingerprint density at radius 2 is 1.48 bits per heavy atom. The topological polar surface area (TPSA) is 85.3 Å². The van der Waals surface area contributed by atoms with Crippen LogP contribution in [0.4, 0.5) is 5.69 Å². The molecule has 7 nitrogen and oxygen atoms in total. The molecule has 0 aliphatic rings. The maximum absolute atomic E-state index is 13.6. The molecule has 0 spiro atoms. The average Bonchev–Trinajstić information content (AvgIpc) is 3.22. The van der Waals surface area contributed by atoms with Crippen LogP contribution in [0.3, 0.4) is 0 Å². The number of ether oxygens (including phenoxy) is 2. The number of para-hydroxylation sites is 1. The van der Waals surface area contributed by atoms with E-state index in [2.05, 4.69) is 10.3 Å². The number of nitrogens with zero attached hydrogens (tertiary/aromatic N) is 1. The van der Waals surface area contributed by atoms with E-state index in [4.69, 9.17) is 9.47 Å². The van der Waals surface area contributed by atoms with Crippen LogP contribution in [-0.2, 0) is 0 Å². The number of amides is 1. The minimum atomic E-state index is -0.493. The molecule has 0 fully saturated rings. The van der Waals surface area contributed by atoms with Gasteiger partial charge >= 0.3 is 0 Å². The SMILES string of the molecule is COc1ccc(NC(=O)c2cc3[nH]c4ccccc4c3n(-c3ccc(OC)cc3)c2=O)cc1. The van der Waals surface area contributed by atoms with E-state index in [9.17, 15) is 9.59 Å². The molecule has 3 aromatic carbocycles. The highest BCUT2D eigenvalue weighted by Gasteiger charge is 2.20. The fourth-order valence-electron chi connectivity index (χ4n) is 3.93. The van der Waals surface area contributed by atoms with E-state index in [1.807, 2.05) is 24.3 Å². The van der Waals surface area contributed by atoms with Crippen molar-refractivity contribution in [1.29, 1.82) is 0 Å². The Kier molecular flexibility index (Phi) is 5.06. The van der Waals surface area contributed by atoms with Crippen LogP contribution >= 0.6 is 0 Å². The quantitative estimate of drug-likeness (QED) is 0.414. The highest BCUT2D eigenvalue weighted by atomic mass is 16.5. The number of hydrogen-bond acceptors (Lipinski definition) is 4. The lowest BCUT2D eigenvalue weighted by molar-refractivity contribution is 0.102. The van der Waals surface area contributed by atoms with Crippen LogP contribution in [-0.4, -0.2) is 29.7 Å². The molecule has 7 heteroatoms. The Balaban J connectivity index is 1.69. The molecule has 2 aromatic heterocycles. The predicted molar refractivity (Wildman–Crippen MR) is 129 cm³/mol. The van der Waals surface area contributed by atoms with Gasteiger partial charge in [0, 0.05) is 22.3 Å². The van der Waals surface area contributed by atoms with E-state index in [-0.39, 0.29) is 5.56 Å². The summed E-state index contributed by atoms with van der Waals surface area (Å²) in [6.07, 6.45) is 0. The third-order valence-corrected chi connectivity index (χ3v) is 5.58. The molecule has 5 aromatic rings. The summed E-state index contributed by atoms with van der Waals surface area (Å²) in [5.74, 6) is 0.859. The first-order chi connectivity index (χ1) is 16.1. The smallest absolute Gasteiger partial charge is 0.268 e. The number of pyridine rings is 1. The van der Waals surface area contributed by atoms with Crippen molar-refractivity contribution in [3.8, 4) is 17.2 Å². The molecule has 0 bridgehead atoms. The number of aromatic amines is 1. The first-order valence-corrected chi connectivity index (χ1v) is 10.4. The molecule has 5 rings (SSSR count). The number of H-pyrrole nitrogens is 1. The molecular weight excluding hydrogens is 418 g/mol. The van der Waals surface area contributed by atoms with Crippen molar-refractivity contribution in [2.45, 2.75) is 0 Å². The number of aromatic nitrogens is 2. The minimum Gasteiger partial charge on any atom is -0.497 e.